The normalized spacial score (nSPS) is 18.4. The van der Waals surface area contributed by atoms with Crippen LogP contribution in [0.2, 0.25) is 0 Å². The Balaban J connectivity index is 1.66. The van der Waals surface area contributed by atoms with Crippen molar-refractivity contribution < 1.29 is 23.8 Å². The third-order valence-electron chi connectivity index (χ3n) is 7.21. The smallest absolute Gasteiger partial charge is 0.242 e. The quantitative estimate of drug-likeness (QED) is 0.304. The predicted octanol–water partition coefficient (Wildman–Crippen LogP) is 3.47. The molecule has 0 radical (unpaired) electrons. The van der Waals surface area contributed by atoms with Gasteiger partial charge in [0.2, 0.25) is 11.8 Å². The Morgan fingerprint density at radius 3 is 2.42 bits per heavy atom. The van der Waals surface area contributed by atoms with Crippen molar-refractivity contribution in [2.24, 2.45) is 22.4 Å². The van der Waals surface area contributed by atoms with Crippen LogP contribution in [0.25, 0.3) is 0 Å². The number of carbonyl (C=O) groups excluding carboxylic acids is 2. The summed E-state index contributed by atoms with van der Waals surface area (Å²) in [4.78, 5) is 29.1. The van der Waals surface area contributed by atoms with Crippen molar-refractivity contribution in [3.8, 4) is 17.2 Å². The summed E-state index contributed by atoms with van der Waals surface area (Å²) < 4.78 is 16.2. The minimum Gasteiger partial charge on any atom is -0.496 e. The van der Waals surface area contributed by atoms with Crippen LogP contribution in [0.4, 0.5) is 0 Å². The molecule has 1 saturated carbocycles. The van der Waals surface area contributed by atoms with Crippen molar-refractivity contribution in [2.75, 3.05) is 21.3 Å². The summed E-state index contributed by atoms with van der Waals surface area (Å²) in [5.41, 5.74) is 15.0. The Bertz CT molecular complexity index is 1130. The Hall–Kier alpha value is -3.75. The number of guanidine groups is 1. The van der Waals surface area contributed by atoms with Crippen LogP contribution in [0.5, 0.6) is 17.2 Å². The second kappa shape index (κ2) is 13.7. The van der Waals surface area contributed by atoms with Gasteiger partial charge in [0.05, 0.1) is 27.8 Å². The minimum atomic E-state index is -0.816. The minimum absolute atomic E-state index is 0.0563. The number of amides is 2. The summed E-state index contributed by atoms with van der Waals surface area (Å²) in [6.07, 6.45) is 5.49. The number of rotatable bonds is 11. The van der Waals surface area contributed by atoms with Gasteiger partial charge in [-0.2, -0.15) is 0 Å². The first-order valence-electron chi connectivity index (χ1n) is 13.1. The molecule has 0 bridgehead atoms. The predicted molar refractivity (Wildman–Crippen MR) is 148 cm³/mol. The lowest BCUT2D eigenvalue weighted by atomic mass is 9.74. The average molecular weight is 525 g/mol. The number of nitrogens with two attached hydrogens (primary N) is 2. The molecule has 9 nitrogen and oxygen atoms in total. The summed E-state index contributed by atoms with van der Waals surface area (Å²) in [5, 5.41) is 2.57. The molecule has 0 spiro atoms. The van der Waals surface area contributed by atoms with E-state index < -0.39 is 11.9 Å². The van der Waals surface area contributed by atoms with Crippen LogP contribution in [0.1, 0.15) is 61.6 Å². The highest BCUT2D eigenvalue weighted by Gasteiger charge is 2.30. The van der Waals surface area contributed by atoms with Gasteiger partial charge in [-0.25, -0.2) is 4.99 Å². The lowest BCUT2D eigenvalue weighted by Gasteiger charge is -2.32. The largest absolute Gasteiger partial charge is 0.496 e. The number of methoxy groups -OCH3 is 3. The van der Waals surface area contributed by atoms with Crippen LogP contribution in [-0.2, 0) is 22.4 Å². The number of primary amides is 1. The van der Waals surface area contributed by atoms with Crippen LogP contribution < -0.4 is 31.0 Å². The molecule has 1 aliphatic rings. The second-order valence-corrected chi connectivity index (χ2v) is 9.70. The lowest BCUT2D eigenvalue weighted by Crippen LogP contribution is -2.41. The highest BCUT2D eigenvalue weighted by atomic mass is 16.5. The molecule has 9 heteroatoms. The monoisotopic (exact) mass is 524 g/mol. The average Bonchev–Trinajstić information content (AvgIpc) is 2.91. The highest BCUT2D eigenvalue weighted by molar-refractivity contribution is 5.98. The Morgan fingerprint density at radius 1 is 1.03 bits per heavy atom. The molecule has 0 saturated heterocycles. The lowest BCUT2D eigenvalue weighted by molar-refractivity contribution is -0.120. The van der Waals surface area contributed by atoms with E-state index in [1.807, 2.05) is 12.1 Å². The molecule has 1 aliphatic carbocycles. The molecule has 5 N–H and O–H groups in total. The fraction of sp³-hybridized carbons (Fsp3) is 0.483. The molecule has 3 rings (SSSR count). The second-order valence-electron chi connectivity index (χ2n) is 9.70. The summed E-state index contributed by atoms with van der Waals surface area (Å²) in [6.45, 7) is 2.15. The molecule has 0 aromatic heterocycles. The first-order chi connectivity index (χ1) is 18.3. The van der Waals surface area contributed by atoms with E-state index in [-0.39, 0.29) is 24.2 Å². The van der Waals surface area contributed by atoms with E-state index in [9.17, 15) is 9.59 Å². The van der Waals surface area contributed by atoms with E-state index in [0.29, 0.717) is 23.8 Å². The standard InChI is InChI=1S/C29H40N4O5/c1-5-20-9-7-11-24(37-3)27(20)21-10-6-8-18(14-21)15-22(28(30)35)32-29(31)33-26(34)17-19-12-13-23(36-2)25(16-19)38-4/h7,9,11-13,16,18,21-22H,5-6,8,10,14-15,17H2,1-4H3,(H2,30,35)(H3,31,32,33,34). The maximum absolute atomic E-state index is 12.6. The molecule has 38 heavy (non-hydrogen) atoms. The Labute approximate surface area is 224 Å². The zero-order valence-electron chi connectivity index (χ0n) is 22.8. The molecule has 3 atom stereocenters. The number of aliphatic imine (C=N–C) groups is 1. The topological polar surface area (TPSA) is 138 Å². The number of nitrogens with zero attached hydrogens (tertiary/aromatic N) is 1. The summed E-state index contributed by atoms with van der Waals surface area (Å²) in [7, 11) is 4.79. The van der Waals surface area contributed by atoms with Crippen molar-refractivity contribution >= 4 is 17.8 Å². The van der Waals surface area contributed by atoms with Crippen molar-refractivity contribution in [3.05, 3.63) is 53.1 Å². The molecule has 0 aliphatic heterocycles. The van der Waals surface area contributed by atoms with Crippen molar-refractivity contribution in [1.29, 1.82) is 0 Å². The maximum atomic E-state index is 12.6. The van der Waals surface area contributed by atoms with Gasteiger partial charge in [0.1, 0.15) is 11.8 Å². The maximum Gasteiger partial charge on any atom is 0.242 e. The molecule has 2 aromatic rings. The van der Waals surface area contributed by atoms with Gasteiger partial charge in [0.15, 0.2) is 17.5 Å². The van der Waals surface area contributed by atoms with Gasteiger partial charge in [0, 0.05) is 5.56 Å². The fourth-order valence-corrected chi connectivity index (χ4v) is 5.42. The van der Waals surface area contributed by atoms with Crippen LogP contribution in [0.15, 0.2) is 41.4 Å². The first-order valence-corrected chi connectivity index (χ1v) is 13.1. The molecule has 2 amide bonds. The van der Waals surface area contributed by atoms with Gasteiger partial charge >= 0.3 is 0 Å². The van der Waals surface area contributed by atoms with E-state index in [0.717, 1.165) is 43.4 Å². The molecule has 3 unspecified atom stereocenters. The van der Waals surface area contributed by atoms with Gasteiger partial charge in [-0.05, 0) is 66.8 Å². The molecule has 206 valence electrons. The molecule has 1 fully saturated rings. The number of nitrogens with one attached hydrogen (secondary N) is 1. The number of aryl methyl sites for hydroxylation is 1. The van der Waals surface area contributed by atoms with E-state index in [1.165, 1.54) is 18.2 Å². The number of hydrogen-bond donors (Lipinski definition) is 3. The zero-order valence-corrected chi connectivity index (χ0v) is 22.8. The van der Waals surface area contributed by atoms with Gasteiger partial charge in [0.25, 0.3) is 0 Å². The van der Waals surface area contributed by atoms with E-state index in [4.69, 9.17) is 25.7 Å². The highest BCUT2D eigenvalue weighted by Crippen LogP contribution is 2.43. The third-order valence-corrected chi connectivity index (χ3v) is 7.21. The van der Waals surface area contributed by atoms with E-state index in [1.54, 1.807) is 32.4 Å². The first kappa shape index (κ1) is 28.8. The summed E-state index contributed by atoms with van der Waals surface area (Å²) >= 11 is 0. The summed E-state index contributed by atoms with van der Waals surface area (Å²) in [5.74, 6) is 1.57. The number of carbonyl (C=O) groups is 2. The fourth-order valence-electron chi connectivity index (χ4n) is 5.42. The van der Waals surface area contributed by atoms with Gasteiger partial charge in [-0.3, -0.25) is 14.9 Å². The SMILES string of the molecule is CCc1cccc(OC)c1C1CCCC(CC(N=C(N)NC(=O)Cc2ccc(OC)c(OC)c2)C(N)=O)C1. The van der Waals surface area contributed by atoms with Crippen LogP contribution in [0, 0.1) is 5.92 Å². The van der Waals surface area contributed by atoms with Crippen LogP contribution >= 0.6 is 0 Å². The van der Waals surface area contributed by atoms with Crippen molar-refractivity contribution in [3.63, 3.8) is 0 Å². The third kappa shape index (κ3) is 7.40. The molecule has 2 aromatic carbocycles. The van der Waals surface area contributed by atoms with E-state index >= 15 is 0 Å². The molecule has 0 heterocycles. The van der Waals surface area contributed by atoms with Gasteiger partial charge in [-0.1, -0.05) is 38.0 Å². The number of hydrogen-bond acceptors (Lipinski definition) is 6. The number of ether oxygens (including phenoxy) is 3. The summed E-state index contributed by atoms with van der Waals surface area (Å²) in [6, 6.07) is 10.6. The number of benzene rings is 2. The molecular weight excluding hydrogens is 484 g/mol. The van der Waals surface area contributed by atoms with Crippen molar-refractivity contribution in [1.82, 2.24) is 5.32 Å². The Morgan fingerprint density at radius 2 is 1.76 bits per heavy atom. The van der Waals surface area contributed by atoms with Crippen molar-refractivity contribution in [2.45, 2.75) is 63.8 Å². The van der Waals surface area contributed by atoms with E-state index in [2.05, 4.69) is 23.3 Å². The van der Waals surface area contributed by atoms with Crippen LogP contribution in [-0.4, -0.2) is 45.1 Å². The molecular formula is C29H40N4O5. The Kier molecular flexibility index (Phi) is 10.4. The zero-order chi connectivity index (χ0) is 27.7. The van der Waals surface area contributed by atoms with Crippen LogP contribution in [0.3, 0.4) is 0 Å². The van der Waals surface area contributed by atoms with Gasteiger partial charge < -0.3 is 25.7 Å². The van der Waals surface area contributed by atoms with Gasteiger partial charge in [-0.15, -0.1) is 0 Å².